The Balaban J connectivity index is 0.000000139. The van der Waals surface area contributed by atoms with Crippen LogP contribution in [-0.2, 0) is 74.0 Å². The summed E-state index contributed by atoms with van der Waals surface area (Å²) in [6.07, 6.45) is 5.40. The molecule has 127 heavy (non-hydrogen) atoms. The summed E-state index contributed by atoms with van der Waals surface area (Å²) in [5.74, 6) is 0.748. The van der Waals surface area contributed by atoms with Crippen LogP contribution in [0.25, 0.3) is 184 Å². The third kappa shape index (κ3) is 17.3. The van der Waals surface area contributed by atoms with E-state index in [1.807, 2.05) is 178 Å². The van der Waals surface area contributed by atoms with Crippen LogP contribution in [0, 0.1) is 32.0 Å². The van der Waals surface area contributed by atoms with Crippen molar-refractivity contribution >= 4 is 65.8 Å². The van der Waals surface area contributed by atoms with E-state index in [-0.39, 0.29) is 91.3 Å². The first-order valence-corrected chi connectivity index (χ1v) is 41.6. The zero-order valence-electron chi connectivity index (χ0n) is 70.9. The Morgan fingerprint density at radius 2 is 0.630 bits per heavy atom. The maximum absolute atomic E-state index is 11.7. The molecule has 0 aliphatic rings. The number of rotatable bonds is 12. The average Bonchev–Trinajstić information content (AvgIpc) is 1.60. The number of phenols is 3. The molecule has 0 aliphatic heterocycles. The molecule has 0 saturated carbocycles. The van der Waals surface area contributed by atoms with Crippen LogP contribution >= 0.6 is 0 Å². The van der Waals surface area contributed by atoms with Gasteiger partial charge in [0.15, 0.2) is 0 Å². The Labute approximate surface area is 781 Å². The molecular formula is C112H86N9O3Pt3-3. The van der Waals surface area contributed by atoms with Crippen LogP contribution in [0.3, 0.4) is 0 Å². The predicted octanol–water partition coefficient (Wildman–Crippen LogP) is 27.4. The molecule has 15 heteroatoms. The first-order valence-electron chi connectivity index (χ1n) is 41.6. The van der Waals surface area contributed by atoms with E-state index in [0.29, 0.717) is 11.3 Å². The van der Waals surface area contributed by atoms with Gasteiger partial charge in [0.1, 0.15) is 34.2 Å². The Morgan fingerprint density at radius 3 is 0.984 bits per heavy atom. The maximum atomic E-state index is 11.7. The SMILES string of the molecule is CC(C)(C)c1cc(-c2ccc3c4cc(-c5ccccc5)ccc4n(-c4[c-]c(-c5ccccn5)ccc4)c3n2)c(O)c(C(C)(C)C)c1.Cc1cc(C)c(O)c(-c2ccc3c4cc(-c5ccccc5)ccc4n(-c4[c-]c(-c5ccccn5)ccc4)c3n2)c1.Oc1ccccc1-c1ccc2c3cc(-c4ccccc4)ccc3n(-c3[c-]c(-c4ccccn4)ccc3)c2n1.[Pt].[Pt].[Pt]. The zero-order chi connectivity index (χ0) is 84.9. The number of phenolic OH excluding ortho intramolecular Hbond substituents is 3. The fourth-order valence-corrected chi connectivity index (χ4v) is 16.7. The number of hydrogen-bond acceptors (Lipinski definition) is 9. The molecule has 0 unspecified atom stereocenters. The largest absolute Gasteiger partial charge is 0.507 e. The minimum absolute atomic E-state index is 0. The summed E-state index contributed by atoms with van der Waals surface area (Å²) in [5, 5.41) is 39.6. The second-order valence-electron chi connectivity index (χ2n) is 33.4. The van der Waals surface area contributed by atoms with E-state index in [4.69, 9.17) is 15.0 Å². The molecular weight excluding hydrogens is 2100 g/mol. The van der Waals surface area contributed by atoms with E-state index in [1.54, 1.807) is 24.7 Å². The van der Waals surface area contributed by atoms with Gasteiger partial charge in [-0.2, -0.15) is 0 Å². The summed E-state index contributed by atoms with van der Waals surface area (Å²) < 4.78 is 6.50. The minimum atomic E-state index is -0.242. The number of fused-ring (bicyclic) bond motifs is 9. The van der Waals surface area contributed by atoms with E-state index >= 15 is 0 Å². The summed E-state index contributed by atoms with van der Waals surface area (Å²) in [5.41, 5.74) is 28.4. The van der Waals surface area contributed by atoms with E-state index in [2.05, 4.69) is 258 Å². The molecule has 0 radical (unpaired) electrons. The fourth-order valence-electron chi connectivity index (χ4n) is 16.7. The van der Waals surface area contributed by atoms with Crippen LogP contribution in [0.1, 0.15) is 63.8 Å². The van der Waals surface area contributed by atoms with Crippen molar-refractivity contribution in [3.05, 3.63) is 399 Å². The van der Waals surface area contributed by atoms with Gasteiger partial charge in [-0.1, -0.05) is 211 Å². The number of para-hydroxylation sites is 1. The van der Waals surface area contributed by atoms with Crippen molar-refractivity contribution in [1.29, 1.82) is 0 Å². The van der Waals surface area contributed by atoms with Crippen molar-refractivity contribution in [2.75, 3.05) is 0 Å². The molecule has 12 aromatic carbocycles. The van der Waals surface area contributed by atoms with Crippen LogP contribution in [0.4, 0.5) is 0 Å². The monoisotopic (exact) mass is 2190 g/mol. The van der Waals surface area contributed by atoms with Gasteiger partial charge in [0, 0.05) is 136 Å². The number of benzene rings is 12. The summed E-state index contributed by atoms with van der Waals surface area (Å²) >= 11 is 0. The minimum Gasteiger partial charge on any atom is -0.507 e. The van der Waals surface area contributed by atoms with Gasteiger partial charge < -0.3 is 44.0 Å². The van der Waals surface area contributed by atoms with Gasteiger partial charge in [-0.15, -0.1) is 89.5 Å². The number of aromatic hydroxyl groups is 3. The molecule has 12 nitrogen and oxygen atoms in total. The Morgan fingerprint density at radius 1 is 0.276 bits per heavy atom. The zero-order valence-corrected chi connectivity index (χ0v) is 77.7. The Kier molecular flexibility index (Phi) is 25.0. The van der Waals surface area contributed by atoms with Gasteiger partial charge in [-0.05, 0) is 224 Å². The third-order valence-corrected chi connectivity index (χ3v) is 23.0. The summed E-state index contributed by atoms with van der Waals surface area (Å²) in [6, 6.07) is 126. The molecule has 9 aromatic heterocycles. The molecule has 0 spiro atoms. The molecule has 0 atom stereocenters. The van der Waals surface area contributed by atoms with Crippen LogP contribution in [0.5, 0.6) is 17.2 Å². The second kappa shape index (κ2) is 36.5. The predicted molar refractivity (Wildman–Crippen MR) is 506 cm³/mol. The number of nitrogens with zero attached hydrogens (tertiary/aromatic N) is 9. The van der Waals surface area contributed by atoms with Crippen LogP contribution in [-0.4, -0.2) is 58.9 Å². The standard InChI is InChI=1S/C42H38N3O.C36H26N3O.C34H22N3O.3Pt/c1-41(2,3)30-25-34(39(46)35(26-30)42(4,5)6)37-20-19-32-33-24-28(27-13-8-7-9-14-27)18-21-38(33)45(40(32)44-37)31-16-12-15-29(23-31)36-17-10-11-22-43-36;1-23-19-24(2)35(40)31(20-23)33-16-15-29-30-22-26(25-9-4-3-5-10-25)14-17-34(30)39(36(29)38-33)28-12-8-11-27(21-28)32-13-6-7-18-37-32;38-33-15-5-4-13-28(33)31-18-17-27-29-22-24(23-9-2-1-3-10-23)16-19-32(29)37(34(27)36-31)26-12-8-11-25(21-26)30-14-6-7-20-35-30;;;/h7-22,24-26,46H,1-6H3;3-20,22,40H,1-2H3;1-20,22,38H;;;/q3*-1;;;. The van der Waals surface area contributed by atoms with Gasteiger partial charge in [0.2, 0.25) is 0 Å². The first kappa shape index (κ1) is 86.9. The van der Waals surface area contributed by atoms with Crippen molar-refractivity contribution in [2.45, 2.75) is 66.2 Å². The Bertz CT molecular complexity index is 7620. The molecule has 9 heterocycles. The summed E-state index contributed by atoms with van der Waals surface area (Å²) in [7, 11) is 0. The molecule has 0 amide bonds. The molecule has 0 bridgehead atoms. The van der Waals surface area contributed by atoms with Gasteiger partial charge >= 0.3 is 0 Å². The number of aromatic nitrogens is 9. The van der Waals surface area contributed by atoms with E-state index < -0.39 is 0 Å². The third-order valence-electron chi connectivity index (χ3n) is 23.0. The number of hydrogen-bond donors (Lipinski definition) is 3. The van der Waals surface area contributed by atoms with Gasteiger partial charge in [-0.3, -0.25) is 0 Å². The van der Waals surface area contributed by atoms with E-state index in [1.165, 1.54) is 5.56 Å². The summed E-state index contributed by atoms with van der Waals surface area (Å²) in [6.45, 7) is 17.0. The summed E-state index contributed by atoms with van der Waals surface area (Å²) in [4.78, 5) is 29.2. The van der Waals surface area contributed by atoms with Gasteiger partial charge in [0.05, 0.1) is 33.6 Å². The normalized spacial score (nSPS) is 11.4. The van der Waals surface area contributed by atoms with Crippen molar-refractivity contribution in [2.24, 2.45) is 0 Å². The molecule has 21 aromatic rings. The molecule has 0 aliphatic carbocycles. The average molecular weight is 2190 g/mol. The van der Waals surface area contributed by atoms with Crippen molar-refractivity contribution in [1.82, 2.24) is 43.6 Å². The van der Waals surface area contributed by atoms with Crippen molar-refractivity contribution in [3.63, 3.8) is 0 Å². The molecule has 21 rings (SSSR count). The van der Waals surface area contributed by atoms with Crippen LogP contribution in [0.2, 0.25) is 0 Å². The van der Waals surface area contributed by atoms with E-state index in [9.17, 15) is 15.3 Å². The fraction of sp³-hybridized carbons (Fsp3) is 0.0893. The number of aryl methyl sites for hydroxylation is 2. The topological polar surface area (TPSA) is 153 Å². The molecule has 0 fully saturated rings. The smallest absolute Gasteiger partial charge is 0.144 e. The second-order valence-corrected chi connectivity index (χ2v) is 33.4. The van der Waals surface area contributed by atoms with Gasteiger partial charge in [0.25, 0.3) is 0 Å². The van der Waals surface area contributed by atoms with Crippen molar-refractivity contribution < 1.29 is 78.5 Å². The molecule has 630 valence electrons. The van der Waals surface area contributed by atoms with Crippen molar-refractivity contribution in [3.8, 4) is 135 Å². The van der Waals surface area contributed by atoms with Gasteiger partial charge in [-0.25, -0.2) is 15.0 Å². The number of pyridine rings is 6. The molecule has 0 saturated heterocycles. The quantitative estimate of drug-likeness (QED) is 0.101. The van der Waals surface area contributed by atoms with Crippen LogP contribution in [0.15, 0.2) is 358 Å². The van der Waals surface area contributed by atoms with E-state index in [0.717, 1.165) is 189 Å². The Hall–Kier alpha value is -13.6. The molecule has 3 N–H and O–H groups in total. The van der Waals surface area contributed by atoms with Crippen LogP contribution < -0.4 is 0 Å². The first-order chi connectivity index (χ1) is 60.3. The maximum Gasteiger partial charge on any atom is 0.144 e.